The third-order valence-electron chi connectivity index (χ3n) is 0.275. The van der Waals surface area contributed by atoms with E-state index in [0.717, 1.165) is 0 Å². The minimum atomic E-state index is 0. The Morgan fingerprint density at radius 3 is 1.00 bits per heavy atom. The van der Waals surface area contributed by atoms with Crippen LogP contribution in [0.3, 0.4) is 0 Å². The number of hydrogen-bond donors (Lipinski definition) is 0. The van der Waals surface area contributed by atoms with Gasteiger partial charge in [-0.15, -0.1) is 0 Å². The zero-order valence-corrected chi connectivity index (χ0v) is 5.27. The van der Waals surface area contributed by atoms with E-state index in [4.69, 9.17) is 0 Å². The maximum atomic E-state index is 3.89. The van der Waals surface area contributed by atoms with E-state index in [1.165, 1.54) is 14.2 Å². The Bertz CT molecular complexity index is 55.0. The molecule has 0 atom stereocenters. The first-order valence-corrected chi connectivity index (χ1v) is 1.98. The van der Waals surface area contributed by atoms with E-state index >= 15 is 0 Å². The van der Waals surface area contributed by atoms with Gasteiger partial charge in [0.15, 0.2) is 0 Å². The average molecular weight is 238 g/mol. The molecule has 0 heterocycles. The summed E-state index contributed by atoms with van der Waals surface area (Å²) >= 11 is 0. The standard InChI is InChI=1S/C2H6O8.2K.2H/c1-3-5-7-9-10-8-6-4-2;;;;/h1-2H3;;;;. The van der Waals surface area contributed by atoms with Crippen LogP contribution >= 0.6 is 0 Å². The molecule has 0 fully saturated rings. The zero-order chi connectivity index (χ0) is 7.66. The van der Waals surface area contributed by atoms with Crippen LogP contribution in [0.1, 0.15) is 0 Å². The molecule has 66 valence electrons. The van der Waals surface area contributed by atoms with Crippen molar-refractivity contribution in [1.82, 2.24) is 0 Å². The van der Waals surface area contributed by atoms with Gasteiger partial charge in [0, 0.05) is 0 Å². The van der Waals surface area contributed by atoms with Gasteiger partial charge < -0.3 is 0 Å². The summed E-state index contributed by atoms with van der Waals surface area (Å²) in [6.45, 7) is 0. The summed E-state index contributed by atoms with van der Waals surface area (Å²) in [5, 5.41) is 21.8. The predicted octanol–water partition coefficient (Wildman–Crippen LogP) is -1.51. The third kappa shape index (κ3) is 18.7. The molecule has 8 nitrogen and oxygen atoms in total. The molecule has 0 spiro atoms. The molecule has 0 bridgehead atoms. The van der Waals surface area contributed by atoms with Crippen molar-refractivity contribution in [3.63, 3.8) is 0 Å². The second-order valence-corrected chi connectivity index (χ2v) is 0.742. The normalized spacial score (nSPS) is 8.50. The molecule has 0 aromatic rings. The Balaban J connectivity index is -0.000000405. The molecule has 0 aliphatic heterocycles. The van der Waals surface area contributed by atoms with Gasteiger partial charge in [-0.05, 0) is 30.2 Å². The predicted molar refractivity (Wildman–Crippen MR) is 34.8 cm³/mol. The van der Waals surface area contributed by atoms with E-state index in [1.807, 2.05) is 0 Å². The van der Waals surface area contributed by atoms with E-state index < -0.39 is 0 Å². The molecular formula is C2H8K2O8. The van der Waals surface area contributed by atoms with Crippen LogP contribution in [-0.4, -0.2) is 117 Å². The van der Waals surface area contributed by atoms with E-state index in [1.54, 1.807) is 0 Å². The van der Waals surface area contributed by atoms with Crippen molar-refractivity contribution in [2.45, 2.75) is 0 Å². The van der Waals surface area contributed by atoms with Crippen LogP contribution in [0.25, 0.3) is 0 Å². The van der Waals surface area contributed by atoms with Crippen LogP contribution in [-0.2, 0) is 40.0 Å². The van der Waals surface area contributed by atoms with Gasteiger partial charge in [-0.2, -0.15) is 0 Å². The van der Waals surface area contributed by atoms with Gasteiger partial charge in [-0.3, -0.25) is 0 Å². The molecule has 12 heavy (non-hydrogen) atoms. The maximum absolute atomic E-state index is 3.89. The molecule has 0 rings (SSSR count). The second kappa shape index (κ2) is 19.5. The first-order chi connectivity index (χ1) is 4.91. The van der Waals surface area contributed by atoms with Crippen LogP contribution < -0.4 is 0 Å². The van der Waals surface area contributed by atoms with Gasteiger partial charge in [0.25, 0.3) is 0 Å². The van der Waals surface area contributed by atoms with Crippen molar-refractivity contribution in [2.24, 2.45) is 0 Å². The summed E-state index contributed by atoms with van der Waals surface area (Å²) in [7, 11) is 2.38. The third-order valence-corrected chi connectivity index (χ3v) is 0.275. The van der Waals surface area contributed by atoms with Crippen molar-refractivity contribution >= 4 is 103 Å². The summed E-state index contributed by atoms with van der Waals surface area (Å²) in [6, 6.07) is 0. The minimum absolute atomic E-state index is 0. The summed E-state index contributed by atoms with van der Waals surface area (Å²) in [4.78, 5) is 7.79. The Morgan fingerprint density at radius 1 is 0.500 bits per heavy atom. The molecule has 0 aliphatic rings. The Morgan fingerprint density at radius 2 is 0.750 bits per heavy atom. The van der Waals surface area contributed by atoms with Crippen molar-refractivity contribution in [3.05, 3.63) is 0 Å². The molecule has 10 heteroatoms. The molecule has 0 saturated heterocycles. The van der Waals surface area contributed by atoms with Crippen LogP contribution in [0.15, 0.2) is 0 Å². The summed E-state index contributed by atoms with van der Waals surface area (Å²) in [5.41, 5.74) is 0. The van der Waals surface area contributed by atoms with Crippen LogP contribution in [0.4, 0.5) is 0 Å². The fourth-order valence-corrected chi connectivity index (χ4v) is 0.101. The second-order valence-electron chi connectivity index (χ2n) is 0.742. The molecule has 0 aliphatic carbocycles. The van der Waals surface area contributed by atoms with Crippen molar-refractivity contribution in [2.75, 3.05) is 14.2 Å². The van der Waals surface area contributed by atoms with E-state index in [-0.39, 0.29) is 103 Å². The first kappa shape index (κ1) is 20.4. The summed E-state index contributed by atoms with van der Waals surface area (Å²) in [6.07, 6.45) is 0. The summed E-state index contributed by atoms with van der Waals surface area (Å²) in [5.74, 6) is 0. The van der Waals surface area contributed by atoms with Crippen molar-refractivity contribution < 1.29 is 40.0 Å². The molecule has 0 amide bonds. The molecule has 0 aromatic heterocycles. The van der Waals surface area contributed by atoms with E-state index in [0.29, 0.717) is 0 Å². The van der Waals surface area contributed by atoms with Crippen LogP contribution in [0, 0.1) is 0 Å². The van der Waals surface area contributed by atoms with Gasteiger partial charge in [-0.1, -0.05) is 0 Å². The topological polar surface area (TPSA) is 73.8 Å². The molecule has 0 N–H and O–H groups in total. The monoisotopic (exact) mass is 238 g/mol. The SMILES string of the molecule is COOOOOOOOC.[KH].[KH]. The Labute approximate surface area is 153 Å². The molecular weight excluding hydrogens is 230 g/mol. The molecule has 0 saturated carbocycles. The van der Waals surface area contributed by atoms with Gasteiger partial charge in [-0.25, -0.2) is 9.78 Å². The van der Waals surface area contributed by atoms with Crippen molar-refractivity contribution in [3.8, 4) is 0 Å². The van der Waals surface area contributed by atoms with Crippen molar-refractivity contribution in [1.29, 1.82) is 0 Å². The average Bonchev–Trinajstić information content (AvgIpc) is 1.97. The van der Waals surface area contributed by atoms with Gasteiger partial charge in [0.05, 0.1) is 14.2 Å². The quantitative estimate of drug-likeness (QED) is 0.229. The fourth-order valence-electron chi connectivity index (χ4n) is 0.101. The van der Waals surface area contributed by atoms with E-state index in [2.05, 4.69) is 40.0 Å². The summed E-state index contributed by atoms with van der Waals surface area (Å²) < 4.78 is 0. The Hall–Kier alpha value is 2.95. The fraction of sp³-hybridized carbons (Fsp3) is 1.00. The molecule has 0 radical (unpaired) electrons. The Kier molecular flexibility index (Phi) is 33.1. The molecule has 0 aromatic carbocycles. The van der Waals surface area contributed by atoms with E-state index in [9.17, 15) is 0 Å². The first-order valence-electron chi connectivity index (χ1n) is 1.98. The number of hydrogen-bond acceptors (Lipinski definition) is 8. The number of rotatable bonds is 7. The zero-order valence-electron chi connectivity index (χ0n) is 5.27. The van der Waals surface area contributed by atoms with Gasteiger partial charge >= 0.3 is 103 Å². The van der Waals surface area contributed by atoms with Crippen LogP contribution in [0.5, 0.6) is 0 Å². The van der Waals surface area contributed by atoms with Gasteiger partial charge in [0.1, 0.15) is 0 Å². The van der Waals surface area contributed by atoms with Crippen LogP contribution in [0.2, 0.25) is 0 Å². The van der Waals surface area contributed by atoms with Gasteiger partial charge in [0.2, 0.25) is 0 Å². The molecule has 0 unspecified atom stereocenters.